The van der Waals surface area contributed by atoms with Gasteiger partial charge in [-0.05, 0) is 123 Å². The van der Waals surface area contributed by atoms with Crippen molar-refractivity contribution in [1.29, 1.82) is 0 Å². The fourth-order valence-corrected chi connectivity index (χ4v) is 11.8. The van der Waals surface area contributed by atoms with Gasteiger partial charge >= 0.3 is 0 Å². The predicted molar refractivity (Wildman–Crippen MR) is 284 cm³/mol. The van der Waals surface area contributed by atoms with Crippen LogP contribution in [-0.4, -0.2) is 19.5 Å². The first-order chi connectivity index (χ1) is 34.0. The molecule has 1 atom stereocenters. The van der Waals surface area contributed by atoms with Gasteiger partial charge in [-0.25, -0.2) is 15.0 Å². The van der Waals surface area contributed by atoms with E-state index in [1.165, 1.54) is 88.3 Å². The van der Waals surface area contributed by atoms with Gasteiger partial charge in [-0.15, -0.1) is 0 Å². The summed E-state index contributed by atoms with van der Waals surface area (Å²) in [6.07, 6.45) is 12.7. The van der Waals surface area contributed by atoms with Crippen molar-refractivity contribution in [1.82, 2.24) is 19.5 Å². The maximum atomic E-state index is 5.14. The molecule has 3 aliphatic carbocycles. The van der Waals surface area contributed by atoms with Crippen LogP contribution in [-0.2, 0) is 5.41 Å². The van der Waals surface area contributed by atoms with Crippen LogP contribution in [0.1, 0.15) is 61.3 Å². The van der Waals surface area contributed by atoms with Gasteiger partial charge in [0.15, 0.2) is 17.5 Å². The SMILES string of the molecule is CC1(C)c2cc3c(cc2-c2c1ccc1c2=CCCC=1)C1CC(c2ccc(-n4c5ccccc5c5ccccc54)cc2)=CC=C1N3c1cccc(-c2nc(-c3ccccc3)nc(-c3ccccc3)n2)c1. The van der Waals surface area contributed by atoms with E-state index in [9.17, 15) is 0 Å². The molecule has 0 amide bonds. The van der Waals surface area contributed by atoms with Crippen molar-refractivity contribution >= 4 is 50.9 Å². The Bertz CT molecular complexity index is 3840. The van der Waals surface area contributed by atoms with E-state index in [2.05, 4.69) is 193 Å². The molecule has 69 heavy (non-hydrogen) atoms. The minimum atomic E-state index is -0.163. The summed E-state index contributed by atoms with van der Waals surface area (Å²) in [5.41, 5.74) is 19.5. The molecule has 10 aromatic rings. The molecule has 0 saturated carbocycles. The lowest BCUT2D eigenvalue weighted by Crippen LogP contribution is -2.30. The highest BCUT2D eigenvalue weighted by Gasteiger charge is 2.43. The molecule has 328 valence electrons. The van der Waals surface area contributed by atoms with Crippen LogP contribution < -0.4 is 15.3 Å². The van der Waals surface area contributed by atoms with Crippen molar-refractivity contribution in [3.05, 3.63) is 233 Å². The fraction of sp³-hybridized carbons (Fsp3) is 0.109. The summed E-state index contributed by atoms with van der Waals surface area (Å²) >= 11 is 0. The molecule has 0 bridgehead atoms. The summed E-state index contributed by atoms with van der Waals surface area (Å²) in [6.45, 7) is 4.82. The van der Waals surface area contributed by atoms with Crippen molar-refractivity contribution in [2.75, 3.05) is 4.90 Å². The van der Waals surface area contributed by atoms with Crippen LogP contribution in [0.4, 0.5) is 11.4 Å². The Morgan fingerprint density at radius 2 is 1.13 bits per heavy atom. The highest BCUT2D eigenvalue weighted by Crippen LogP contribution is 2.58. The highest BCUT2D eigenvalue weighted by atomic mass is 15.2. The van der Waals surface area contributed by atoms with Crippen molar-refractivity contribution in [3.63, 3.8) is 0 Å². The van der Waals surface area contributed by atoms with Crippen molar-refractivity contribution < 1.29 is 0 Å². The number of para-hydroxylation sites is 2. The van der Waals surface area contributed by atoms with E-state index < -0.39 is 0 Å². The minimum Gasteiger partial charge on any atom is -0.313 e. The molecule has 5 heteroatoms. The first kappa shape index (κ1) is 39.7. The van der Waals surface area contributed by atoms with Gasteiger partial charge in [0.25, 0.3) is 0 Å². The molecule has 1 unspecified atom stereocenters. The van der Waals surface area contributed by atoms with Gasteiger partial charge in [-0.1, -0.05) is 166 Å². The number of hydrogen-bond donors (Lipinski definition) is 0. The number of anilines is 2. The summed E-state index contributed by atoms with van der Waals surface area (Å²) in [6, 6.07) is 65.8. The van der Waals surface area contributed by atoms with E-state index in [0.717, 1.165) is 41.6 Å². The van der Waals surface area contributed by atoms with Crippen LogP contribution >= 0.6 is 0 Å². The van der Waals surface area contributed by atoms with E-state index in [4.69, 9.17) is 15.0 Å². The topological polar surface area (TPSA) is 46.8 Å². The van der Waals surface area contributed by atoms with Crippen molar-refractivity contribution in [2.24, 2.45) is 0 Å². The van der Waals surface area contributed by atoms with Crippen LogP contribution in [0.3, 0.4) is 0 Å². The Labute approximate surface area is 401 Å². The second-order valence-electron chi connectivity index (χ2n) is 19.4. The molecule has 1 aliphatic heterocycles. The van der Waals surface area contributed by atoms with Crippen molar-refractivity contribution in [3.8, 4) is 51.0 Å². The van der Waals surface area contributed by atoms with E-state index in [1.54, 1.807) is 0 Å². The van der Waals surface area contributed by atoms with Crippen LogP contribution in [0, 0.1) is 0 Å². The maximum Gasteiger partial charge on any atom is 0.164 e. The quantitative estimate of drug-likeness (QED) is 0.167. The minimum absolute atomic E-state index is 0.153. The zero-order valence-corrected chi connectivity index (χ0v) is 38.6. The lowest BCUT2D eigenvalue weighted by atomic mass is 9.80. The fourth-order valence-electron chi connectivity index (χ4n) is 11.8. The highest BCUT2D eigenvalue weighted by molar-refractivity contribution is 6.09. The van der Waals surface area contributed by atoms with Crippen LogP contribution in [0.15, 0.2) is 200 Å². The smallest absolute Gasteiger partial charge is 0.164 e. The third kappa shape index (κ3) is 6.20. The van der Waals surface area contributed by atoms with E-state index in [1.807, 2.05) is 36.4 Å². The van der Waals surface area contributed by atoms with Crippen LogP contribution in [0.2, 0.25) is 0 Å². The Morgan fingerprint density at radius 3 is 1.83 bits per heavy atom. The van der Waals surface area contributed by atoms with Crippen LogP contribution in [0.25, 0.3) is 90.5 Å². The summed E-state index contributed by atoms with van der Waals surface area (Å²) < 4.78 is 2.40. The normalized spacial score (nSPS) is 16.1. The van der Waals surface area contributed by atoms with Crippen LogP contribution in [0.5, 0.6) is 0 Å². The van der Waals surface area contributed by atoms with E-state index >= 15 is 0 Å². The molecule has 14 rings (SSSR count). The molecule has 0 radical (unpaired) electrons. The van der Waals surface area contributed by atoms with Crippen molar-refractivity contribution in [2.45, 2.75) is 44.4 Å². The number of benzene rings is 8. The molecule has 2 aromatic heterocycles. The third-order valence-electron chi connectivity index (χ3n) is 15.2. The first-order valence-corrected chi connectivity index (χ1v) is 24.3. The van der Waals surface area contributed by atoms with Gasteiger partial charge in [0, 0.05) is 55.9 Å². The molecule has 5 nitrogen and oxygen atoms in total. The average Bonchev–Trinajstić information content (AvgIpc) is 4.00. The molecule has 0 spiro atoms. The third-order valence-corrected chi connectivity index (χ3v) is 15.2. The zero-order chi connectivity index (χ0) is 45.8. The molecule has 0 fully saturated rings. The summed E-state index contributed by atoms with van der Waals surface area (Å²) in [7, 11) is 0. The summed E-state index contributed by atoms with van der Waals surface area (Å²) in [4.78, 5) is 17.8. The monoisotopic (exact) mass is 885 g/mol. The maximum absolute atomic E-state index is 5.14. The molecule has 0 N–H and O–H groups in total. The number of fused-ring (bicyclic) bond motifs is 11. The molecule has 4 aliphatic rings. The number of aromatic nitrogens is 4. The number of nitrogens with zero attached hydrogens (tertiary/aromatic N) is 5. The summed E-state index contributed by atoms with van der Waals surface area (Å²) in [5, 5.41) is 5.31. The molecule has 3 heterocycles. The van der Waals surface area contributed by atoms with Gasteiger partial charge in [-0.3, -0.25) is 0 Å². The zero-order valence-electron chi connectivity index (χ0n) is 38.6. The Morgan fingerprint density at radius 1 is 0.507 bits per heavy atom. The number of allylic oxidation sites excluding steroid dienone is 4. The lowest BCUT2D eigenvalue weighted by molar-refractivity contribution is 0.660. The lowest BCUT2D eigenvalue weighted by Gasteiger charge is -2.27. The number of rotatable bonds is 6. The standard InChI is InChI=1S/C64H47N5/c1-64(2)54-34-30-41-16-9-10-23-48(41)60(54)53-38-52-51-37-44(40-28-32-46(33-29-40)68-56-26-13-11-24-49(56)50-25-12-14-27-57(50)68)31-35-58(51)69(59(52)39-55(53)64)47-22-15-21-45(36-47)63-66-61(42-17-5-3-6-18-42)65-62(67-63)43-19-7-4-8-20-43/h3-8,11-36,38-39,51H,9-10,37H2,1-2H3. The number of hydrogen-bond acceptors (Lipinski definition) is 4. The predicted octanol–water partition coefficient (Wildman–Crippen LogP) is 14.2. The molecular weight excluding hydrogens is 839 g/mol. The molecular formula is C64H47N5. The second kappa shape index (κ2) is 15.3. The Hall–Kier alpha value is -8.41. The van der Waals surface area contributed by atoms with E-state index in [0.29, 0.717) is 17.5 Å². The van der Waals surface area contributed by atoms with Gasteiger partial charge < -0.3 is 9.47 Å². The van der Waals surface area contributed by atoms with E-state index in [-0.39, 0.29) is 11.3 Å². The average molecular weight is 886 g/mol. The van der Waals surface area contributed by atoms with Gasteiger partial charge in [-0.2, -0.15) is 0 Å². The van der Waals surface area contributed by atoms with Gasteiger partial charge in [0.05, 0.1) is 16.7 Å². The first-order valence-electron chi connectivity index (χ1n) is 24.3. The van der Waals surface area contributed by atoms with Gasteiger partial charge in [0.2, 0.25) is 0 Å². The Balaban J connectivity index is 0.914. The van der Waals surface area contributed by atoms with Gasteiger partial charge in [0.1, 0.15) is 0 Å². The Kier molecular flexibility index (Phi) is 8.82. The molecule has 8 aromatic carbocycles. The molecule has 0 saturated heterocycles. The second-order valence-corrected chi connectivity index (χ2v) is 19.4. The summed E-state index contributed by atoms with van der Waals surface area (Å²) in [5.74, 6) is 2.11. The largest absolute Gasteiger partial charge is 0.313 e.